The minimum atomic E-state index is -0.404. The first-order valence-corrected chi connectivity index (χ1v) is 9.74. The summed E-state index contributed by atoms with van der Waals surface area (Å²) in [5.41, 5.74) is 7.03. The number of ether oxygens (including phenoxy) is 1. The number of benzene rings is 3. The number of nitrogens with one attached hydrogen (secondary N) is 1. The van der Waals surface area contributed by atoms with E-state index in [1.165, 1.54) is 22.3 Å². The quantitative estimate of drug-likeness (QED) is 0.579. The van der Waals surface area contributed by atoms with E-state index in [-0.39, 0.29) is 5.92 Å². The number of rotatable bonds is 6. The molecule has 144 valence electrons. The van der Waals surface area contributed by atoms with Crippen molar-refractivity contribution < 1.29 is 9.53 Å². The predicted molar refractivity (Wildman–Crippen MR) is 119 cm³/mol. The Balaban J connectivity index is 1.32. The maximum absolute atomic E-state index is 12.1. The molecule has 3 nitrogen and oxygen atoms in total. The van der Waals surface area contributed by atoms with Gasteiger partial charge in [0.25, 0.3) is 0 Å². The average Bonchev–Trinajstić information content (AvgIpc) is 3.09. The van der Waals surface area contributed by atoms with Crippen molar-refractivity contribution in [1.29, 1.82) is 0 Å². The summed E-state index contributed by atoms with van der Waals surface area (Å²) in [6.45, 7) is 4.49. The van der Waals surface area contributed by atoms with Gasteiger partial charge in [0.1, 0.15) is 6.61 Å². The topological polar surface area (TPSA) is 38.3 Å². The molecule has 0 bridgehead atoms. The van der Waals surface area contributed by atoms with E-state index in [2.05, 4.69) is 36.2 Å². The van der Waals surface area contributed by atoms with Crippen molar-refractivity contribution in [1.82, 2.24) is 5.32 Å². The van der Waals surface area contributed by atoms with Crippen molar-refractivity contribution >= 4 is 18.2 Å². The monoisotopic (exact) mass is 381 g/mol. The second kappa shape index (κ2) is 8.61. The molecule has 4 rings (SSSR count). The number of hydrogen-bond donors (Lipinski definition) is 1. The summed E-state index contributed by atoms with van der Waals surface area (Å²) in [6.07, 6.45) is 5.28. The lowest BCUT2D eigenvalue weighted by Crippen LogP contribution is -2.26. The molecular formula is C26H23NO2. The second-order valence-corrected chi connectivity index (χ2v) is 6.98. The van der Waals surface area contributed by atoms with Crippen LogP contribution in [0.2, 0.25) is 0 Å². The highest BCUT2D eigenvalue weighted by Gasteiger charge is 2.28. The molecule has 0 heterocycles. The van der Waals surface area contributed by atoms with Gasteiger partial charge in [0.15, 0.2) is 0 Å². The summed E-state index contributed by atoms with van der Waals surface area (Å²) in [5.74, 6) is 0.0760. The van der Waals surface area contributed by atoms with Crippen molar-refractivity contribution in [2.24, 2.45) is 0 Å². The van der Waals surface area contributed by atoms with Crippen LogP contribution >= 0.6 is 0 Å². The molecule has 1 amide bonds. The molecule has 0 saturated heterocycles. The molecule has 1 aliphatic carbocycles. The molecule has 0 spiro atoms. The van der Waals surface area contributed by atoms with Crippen LogP contribution in [0.5, 0.6) is 0 Å². The van der Waals surface area contributed by atoms with Gasteiger partial charge in [0.05, 0.1) is 0 Å². The van der Waals surface area contributed by atoms with Crippen molar-refractivity contribution in [3.8, 4) is 11.1 Å². The number of carbonyl (C=O) groups excluding carboxylic acids is 1. The van der Waals surface area contributed by atoms with E-state index in [0.29, 0.717) is 13.2 Å². The van der Waals surface area contributed by atoms with Crippen LogP contribution in [0.3, 0.4) is 0 Å². The van der Waals surface area contributed by atoms with E-state index in [1.807, 2.05) is 66.8 Å². The van der Waals surface area contributed by atoms with Gasteiger partial charge in [-0.2, -0.15) is 0 Å². The van der Waals surface area contributed by atoms with Gasteiger partial charge in [-0.05, 0) is 33.4 Å². The van der Waals surface area contributed by atoms with Gasteiger partial charge in [0.2, 0.25) is 0 Å². The maximum atomic E-state index is 12.1. The second-order valence-electron chi connectivity index (χ2n) is 6.98. The molecule has 0 saturated carbocycles. The molecule has 3 heteroatoms. The Kier molecular flexibility index (Phi) is 5.57. The smallest absolute Gasteiger partial charge is 0.407 e. The van der Waals surface area contributed by atoms with Crippen molar-refractivity contribution in [2.75, 3.05) is 13.2 Å². The van der Waals surface area contributed by atoms with Gasteiger partial charge >= 0.3 is 6.09 Å². The molecule has 1 aliphatic rings. The van der Waals surface area contributed by atoms with Crippen LogP contribution in [0, 0.1) is 0 Å². The molecule has 0 atom stereocenters. The highest BCUT2D eigenvalue weighted by molar-refractivity contribution is 5.79. The zero-order chi connectivity index (χ0) is 20.1. The minimum absolute atomic E-state index is 0.0760. The fourth-order valence-electron chi connectivity index (χ4n) is 3.73. The third kappa shape index (κ3) is 4.14. The molecule has 0 radical (unpaired) electrons. The highest BCUT2D eigenvalue weighted by atomic mass is 16.5. The SMILES string of the molecule is C=Cc1ccc(C=CCNC(=O)OCC2c3ccccc3-c3ccccc32)cc1. The number of hydrogen-bond acceptors (Lipinski definition) is 2. The molecular weight excluding hydrogens is 358 g/mol. The zero-order valence-corrected chi connectivity index (χ0v) is 16.2. The zero-order valence-electron chi connectivity index (χ0n) is 16.2. The van der Waals surface area contributed by atoms with Crippen LogP contribution in [-0.2, 0) is 4.74 Å². The number of alkyl carbamates (subject to hydrolysis) is 1. The Hall–Kier alpha value is -3.59. The van der Waals surface area contributed by atoms with E-state index in [1.54, 1.807) is 0 Å². The summed E-state index contributed by atoms with van der Waals surface area (Å²) in [4.78, 5) is 12.1. The van der Waals surface area contributed by atoms with Crippen molar-refractivity contribution in [2.45, 2.75) is 5.92 Å². The van der Waals surface area contributed by atoms with E-state index in [4.69, 9.17) is 4.74 Å². The van der Waals surface area contributed by atoms with E-state index in [9.17, 15) is 4.79 Å². The molecule has 1 N–H and O–H groups in total. The third-order valence-electron chi connectivity index (χ3n) is 5.19. The Bertz CT molecular complexity index is 1000. The van der Waals surface area contributed by atoms with Gasteiger partial charge in [-0.3, -0.25) is 0 Å². The fourth-order valence-corrected chi connectivity index (χ4v) is 3.73. The Morgan fingerprint density at radius 2 is 1.48 bits per heavy atom. The molecule has 0 aromatic heterocycles. The van der Waals surface area contributed by atoms with E-state index < -0.39 is 6.09 Å². The summed E-state index contributed by atoms with van der Waals surface area (Å²) in [5, 5.41) is 2.78. The third-order valence-corrected chi connectivity index (χ3v) is 5.19. The first-order chi connectivity index (χ1) is 14.3. The lowest BCUT2D eigenvalue weighted by molar-refractivity contribution is 0.144. The van der Waals surface area contributed by atoms with Crippen LogP contribution < -0.4 is 5.32 Å². The number of fused-ring (bicyclic) bond motifs is 3. The first kappa shape index (κ1) is 18.8. The van der Waals surface area contributed by atoms with E-state index >= 15 is 0 Å². The predicted octanol–water partition coefficient (Wildman–Crippen LogP) is 5.88. The van der Waals surface area contributed by atoms with Crippen LogP contribution in [-0.4, -0.2) is 19.2 Å². The summed E-state index contributed by atoms with van der Waals surface area (Å²) < 4.78 is 5.53. The molecule has 3 aromatic rings. The first-order valence-electron chi connectivity index (χ1n) is 9.74. The molecule has 0 aliphatic heterocycles. The molecule has 29 heavy (non-hydrogen) atoms. The largest absolute Gasteiger partial charge is 0.449 e. The van der Waals surface area contributed by atoms with Gasteiger partial charge in [0, 0.05) is 12.5 Å². The highest BCUT2D eigenvalue weighted by Crippen LogP contribution is 2.44. The number of carbonyl (C=O) groups is 1. The van der Waals surface area contributed by atoms with Crippen molar-refractivity contribution in [3.05, 3.63) is 108 Å². The van der Waals surface area contributed by atoms with Gasteiger partial charge < -0.3 is 10.1 Å². The van der Waals surface area contributed by atoms with Crippen LogP contribution in [0.1, 0.15) is 28.2 Å². The lowest BCUT2D eigenvalue weighted by atomic mass is 9.98. The molecule has 0 unspecified atom stereocenters. The molecule has 3 aromatic carbocycles. The maximum Gasteiger partial charge on any atom is 0.407 e. The minimum Gasteiger partial charge on any atom is -0.449 e. The number of amides is 1. The van der Waals surface area contributed by atoms with E-state index in [0.717, 1.165) is 11.1 Å². The van der Waals surface area contributed by atoms with Gasteiger partial charge in [-0.15, -0.1) is 0 Å². The Morgan fingerprint density at radius 3 is 2.10 bits per heavy atom. The van der Waals surface area contributed by atoms with Gasteiger partial charge in [-0.1, -0.05) is 97.6 Å². The molecule has 0 fully saturated rings. The summed E-state index contributed by atoms with van der Waals surface area (Å²) >= 11 is 0. The van der Waals surface area contributed by atoms with Crippen LogP contribution in [0.4, 0.5) is 4.79 Å². The summed E-state index contributed by atoms with van der Waals surface area (Å²) in [7, 11) is 0. The average molecular weight is 381 g/mol. The Labute approximate surface area is 171 Å². The van der Waals surface area contributed by atoms with Gasteiger partial charge in [-0.25, -0.2) is 4.79 Å². The Morgan fingerprint density at radius 1 is 0.897 bits per heavy atom. The van der Waals surface area contributed by atoms with Crippen LogP contribution in [0.25, 0.3) is 23.3 Å². The van der Waals surface area contributed by atoms with Crippen LogP contribution in [0.15, 0.2) is 85.5 Å². The standard InChI is InChI=1S/C26H23NO2/c1-2-19-13-15-20(16-14-19)8-7-17-27-26(28)29-18-25-23-11-5-3-9-21(23)22-10-4-6-12-24(22)25/h2-16,25H,1,17-18H2,(H,27,28). The summed E-state index contributed by atoms with van der Waals surface area (Å²) in [6, 6.07) is 24.7. The normalized spacial score (nSPS) is 12.4. The van der Waals surface area contributed by atoms with Crippen molar-refractivity contribution in [3.63, 3.8) is 0 Å². The lowest BCUT2D eigenvalue weighted by Gasteiger charge is -2.14. The fraction of sp³-hybridized carbons (Fsp3) is 0.115.